The second kappa shape index (κ2) is 4.69. The summed E-state index contributed by atoms with van der Waals surface area (Å²) in [6.45, 7) is 0.485. The van der Waals surface area contributed by atoms with Crippen molar-refractivity contribution in [2.45, 2.75) is 6.42 Å². The number of carbonyl (C=O) groups excluding carboxylic acids is 1. The Labute approximate surface area is 107 Å². The highest BCUT2D eigenvalue weighted by molar-refractivity contribution is 6.31. The van der Waals surface area contributed by atoms with Crippen LogP contribution in [0.3, 0.4) is 0 Å². The summed E-state index contributed by atoms with van der Waals surface area (Å²) in [5.41, 5.74) is 0. The molecule has 0 spiro atoms. The number of amides is 1. The Hall–Kier alpha value is -0.650. The fourth-order valence-electron chi connectivity index (χ4n) is 1.52. The van der Waals surface area contributed by atoms with Crippen molar-refractivity contribution in [3.8, 4) is 0 Å². The van der Waals surface area contributed by atoms with Crippen molar-refractivity contribution >= 4 is 46.7 Å². The summed E-state index contributed by atoms with van der Waals surface area (Å²) in [6, 6.07) is 0. The highest BCUT2D eigenvalue weighted by atomic mass is 35.5. The van der Waals surface area contributed by atoms with Crippen LogP contribution in [0.5, 0.6) is 0 Å². The van der Waals surface area contributed by atoms with Crippen molar-refractivity contribution in [3.63, 3.8) is 0 Å². The van der Waals surface area contributed by atoms with Gasteiger partial charge in [-0.2, -0.15) is 15.0 Å². The van der Waals surface area contributed by atoms with Gasteiger partial charge in [-0.3, -0.25) is 9.69 Å². The minimum absolute atomic E-state index is 0.0304. The van der Waals surface area contributed by atoms with E-state index < -0.39 is 0 Å². The van der Waals surface area contributed by atoms with E-state index in [1.807, 2.05) is 0 Å². The topological polar surface area (TPSA) is 59.0 Å². The van der Waals surface area contributed by atoms with Crippen LogP contribution in [-0.2, 0) is 4.79 Å². The summed E-state index contributed by atoms with van der Waals surface area (Å²) in [6.07, 6.45) is 0.393. The van der Waals surface area contributed by atoms with Gasteiger partial charge in [0.15, 0.2) is 0 Å². The zero-order chi connectivity index (χ0) is 11.7. The number of aromatic nitrogens is 3. The Kier molecular flexibility index (Phi) is 3.47. The first kappa shape index (κ1) is 11.8. The maximum atomic E-state index is 11.6. The summed E-state index contributed by atoms with van der Waals surface area (Å²) < 4.78 is 0. The second-order valence-corrected chi connectivity index (χ2v) is 4.39. The van der Waals surface area contributed by atoms with E-state index in [-0.39, 0.29) is 28.3 Å². The standard InChI is InChI=1S/C8H7Cl3N4O/c9-2-4-1-5(16)15(3-4)8-13-6(10)12-7(11)14-8/h4H,1-3H2. The minimum Gasteiger partial charge on any atom is -0.280 e. The van der Waals surface area contributed by atoms with Crippen molar-refractivity contribution in [1.82, 2.24) is 15.0 Å². The summed E-state index contributed by atoms with van der Waals surface area (Å²) >= 11 is 17.0. The van der Waals surface area contributed by atoms with Gasteiger partial charge < -0.3 is 0 Å². The number of anilines is 1. The molecule has 1 aliphatic rings. The second-order valence-electron chi connectivity index (χ2n) is 3.40. The van der Waals surface area contributed by atoms with Crippen molar-refractivity contribution < 1.29 is 4.79 Å². The lowest BCUT2D eigenvalue weighted by Crippen LogP contribution is -2.27. The molecule has 1 unspecified atom stereocenters. The molecule has 8 heteroatoms. The summed E-state index contributed by atoms with van der Waals surface area (Å²) in [5.74, 6) is 0.643. The van der Waals surface area contributed by atoms with Gasteiger partial charge in [0.2, 0.25) is 22.4 Å². The molecule has 0 saturated carbocycles. The van der Waals surface area contributed by atoms with Gasteiger partial charge in [-0.1, -0.05) is 0 Å². The Balaban J connectivity index is 2.27. The molecule has 1 fully saturated rings. The molecule has 16 heavy (non-hydrogen) atoms. The van der Waals surface area contributed by atoms with Crippen molar-refractivity contribution in [3.05, 3.63) is 10.6 Å². The molecule has 2 heterocycles. The first-order valence-electron chi connectivity index (χ1n) is 4.53. The van der Waals surface area contributed by atoms with Crippen molar-refractivity contribution in [2.75, 3.05) is 17.3 Å². The molecule has 0 aliphatic carbocycles. The van der Waals surface area contributed by atoms with Crippen molar-refractivity contribution in [1.29, 1.82) is 0 Å². The molecule has 86 valence electrons. The first-order chi connectivity index (χ1) is 7.60. The Morgan fingerprint density at radius 2 is 1.88 bits per heavy atom. The number of hydrogen-bond acceptors (Lipinski definition) is 4. The van der Waals surface area contributed by atoms with E-state index in [0.717, 1.165) is 0 Å². The van der Waals surface area contributed by atoms with Gasteiger partial charge >= 0.3 is 0 Å². The maximum absolute atomic E-state index is 11.6. The van der Waals surface area contributed by atoms with Crippen LogP contribution in [0.4, 0.5) is 5.95 Å². The Morgan fingerprint density at radius 1 is 1.25 bits per heavy atom. The van der Waals surface area contributed by atoms with Crippen LogP contribution in [0.1, 0.15) is 6.42 Å². The zero-order valence-electron chi connectivity index (χ0n) is 8.03. The molecular formula is C8H7Cl3N4O. The van der Waals surface area contributed by atoms with Crippen LogP contribution in [-0.4, -0.2) is 33.3 Å². The smallest absolute Gasteiger partial charge is 0.237 e. The van der Waals surface area contributed by atoms with Crippen LogP contribution >= 0.6 is 34.8 Å². The monoisotopic (exact) mass is 280 g/mol. The van der Waals surface area contributed by atoms with E-state index in [1.54, 1.807) is 0 Å². The lowest BCUT2D eigenvalue weighted by Gasteiger charge is -2.13. The van der Waals surface area contributed by atoms with E-state index in [1.165, 1.54) is 4.90 Å². The van der Waals surface area contributed by atoms with Crippen LogP contribution in [0.2, 0.25) is 10.6 Å². The average Bonchev–Trinajstić information content (AvgIpc) is 2.58. The van der Waals surface area contributed by atoms with E-state index in [0.29, 0.717) is 18.8 Å². The largest absolute Gasteiger partial charge is 0.280 e. The highest BCUT2D eigenvalue weighted by Gasteiger charge is 2.32. The molecule has 0 radical (unpaired) electrons. The minimum atomic E-state index is -0.0796. The molecule has 2 rings (SSSR count). The number of carbonyl (C=O) groups is 1. The van der Waals surface area contributed by atoms with E-state index in [2.05, 4.69) is 15.0 Å². The molecule has 0 N–H and O–H groups in total. The Morgan fingerprint density at radius 3 is 2.38 bits per heavy atom. The third-order valence-corrected chi connectivity index (χ3v) is 3.01. The van der Waals surface area contributed by atoms with E-state index in [9.17, 15) is 4.79 Å². The molecule has 1 atom stereocenters. The predicted octanol–water partition coefficient (Wildman–Crippen LogP) is 1.77. The molecule has 1 aliphatic heterocycles. The lowest BCUT2D eigenvalue weighted by molar-refractivity contribution is -0.117. The third-order valence-electron chi connectivity index (χ3n) is 2.23. The lowest BCUT2D eigenvalue weighted by atomic mass is 10.2. The summed E-state index contributed by atoms with van der Waals surface area (Å²) in [5, 5.41) is -0.0609. The molecule has 0 bridgehead atoms. The molecule has 1 aromatic rings. The van der Waals surface area contributed by atoms with Crippen LogP contribution in [0.15, 0.2) is 0 Å². The average molecular weight is 282 g/mol. The molecular weight excluding hydrogens is 274 g/mol. The van der Waals surface area contributed by atoms with Crippen LogP contribution in [0.25, 0.3) is 0 Å². The van der Waals surface area contributed by atoms with Gasteiger partial charge in [0, 0.05) is 18.8 Å². The zero-order valence-corrected chi connectivity index (χ0v) is 10.3. The van der Waals surface area contributed by atoms with E-state index >= 15 is 0 Å². The highest BCUT2D eigenvalue weighted by Crippen LogP contribution is 2.24. The first-order valence-corrected chi connectivity index (χ1v) is 5.82. The normalized spacial score (nSPS) is 20.6. The van der Waals surface area contributed by atoms with Gasteiger partial charge in [-0.25, -0.2) is 0 Å². The van der Waals surface area contributed by atoms with Gasteiger partial charge in [-0.05, 0) is 29.1 Å². The van der Waals surface area contributed by atoms with Crippen molar-refractivity contribution in [2.24, 2.45) is 5.92 Å². The number of nitrogens with zero attached hydrogens (tertiary/aromatic N) is 4. The van der Waals surface area contributed by atoms with Crippen LogP contribution in [0, 0.1) is 5.92 Å². The third kappa shape index (κ3) is 2.36. The number of alkyl halides is 1. The molecule has 5 nitrogen and oxygen atoms in total. The molecule has 1 aromatic heterocycles. The van der Waals surface area contributed by atoms with Gasteiger partial charge in [-0.15, -0.1) is 11.6 Å². The molecule has 1 amide bonds. The fraction of sp³-hybridized carbons (Fsp3) is 0.500. The van der Waals surface area contributed by atoms with Gasteiger partial charge in [0.1, 0.15) is 0 Å². The van der Waals surface area contributed by atoms with Gasteiger partial charge in [0.05, 0.1) is 0 Å². The fourth-order valence-corrected chi connectivity index (χ4v) is 2.08. The predicted molar refractivity (Wildman–Crippen MR) is 61.0 cm³/mol. The van der Waals surface area contributed by atoms with E-state index in [4.69, 9.17) is 34.8 Å². The Bertz CT molecular complexity index is 407. The summed E-state index contributed by atoms with van der Waals surface area (Å²) in [4.78, 5) is 24.4. The maximum Gasteiger partial charge on any atom is 0.237 e. The number of halogens is 3. The quantitative estimate of drug-likeness (QED) is 0.775. The van der Waals surface area contributed by atoms with Gasteiger partial charge in [0.25, 0.3) is 0 Å². The molecule has 1 saturated heterocycles. The van der Waals surface area contributed by atoms with Crippen LogP contribution < -0.4 is 4.90 Å². The number of rotatable bonds is 2. The SMILES string of the molecule is O=C1CC(CCl)CN1c1nc(Cl)nc(Cl)n1. The summed E-state index contributed by atoms with van der Waals surface area (Å²) in [7, 11) is 0. The molecule has 0 aromatic carbocycles. The number of hydrogen-bond donors (Lipinski definition) is 0.